The molecule has 1 saturated carbocycles. The van der Waals surface area contributed by atoms with E-state index in [1.807, 2.05) is 24.3 Å². The van der Waals surface area contributed by atoms with Crippen molar-refractivity contribution in [3.05, 3.63) is 59.7 Å². The molecule has 2 aliphatic rings. The maximum Gasteiger partial charge on any atom is 0.287 e. The zero-order valence-electron chi connectivity index (χ0n) is 20.6. The van der Waals surface area contributed by atoms with Crippen LogP contribution < -0.4 is 19.9 Å². The van der Waals surface area contributed by atoms with Crippen LogP contribution in [-0.2, 0) is 17.1 Å². The van der Waals surface area contributed by atoms with Crippen LogP contribution in [0.2, 0.25) is 0 Å². The summed E-state index contributed by atoms with van der Waals surface area (Å²) in [5.41, 5.74) is 2.03. The first-order valence-electron chi connectivity index (χ1n) is 12.1. The zero-order valence-corrected chi connectivity index (χ0v) is 21.4. The van der Waals surface area contributed by atoms with E-state index in [9.17, 15) is 4.79 Å². The van der Waals surface area contributed by atoms with Gasteiger partial charge in [0.05, 0.1) is 25.2 Å². The van der Waals surface area contributed by atoms with Crippen molar-refractivity contribution in [1.82, 2.24) is 15.3 Å². The molecule has 5 rings (SSSR count). The Morgan fingerprint density at radius 1 is 1.06 bits per heavy atom. The number of hydrogen-bond acceptors (Lipinski definition) is 9. The topological polar surface area (TPSA) is 93.0 Å². The predicted molar refractivity (Wildman–Crippen MR) is 139 cm³/mol. The van der Waals surface area contributed by atoms with E-state index in [2.05, 4.69) is 32.2 Å². The van der Waals surface area contributed by atoms with Crippen LogP contribution in [-0.4, -0.2) is 62.3 Å². The molecule has 0 unspecified atom stereocenters. The first kappa shape index (κ1) is 24.5. The standard InChI is InChI=1S/C26H31N5O4S/c1-33-16-19-15-24(31-13-11-30(12-14-31)20-5-7-21(34-2)8-6-20)29-26(28-19)36-17-22-9-10-23(35-22)25(32)27-18-3-4-18/h5-10,15,18H,3-4,11-14,16-17H2,1-2H3,(H,27,32). The highest BCUT2D eigenvalue weighted by Gasteiger charge is 2.25. The molecule has 0 bridgehead atoms. The number of ether oxygens (including phenoxy) is 2. The Labute approximate surface area is 215 Å². The van der Waals surface area contributed by atoms with Gasteiger partial charge in [-0.15, -0.1) is 0 Å². The number of methoxy groups -OCH3 is 2. The smallest absolute Gasteiger partial charge is 0.287 e. The number of nitrogens with one attached hydrogen (secondary N) is 1. The maximum absolute atomic E-state index is 12.2. The molecule has 0 radical (unpaired) electrons. The largest absolute Gasteiger partial charge is 0.497 e. The highest BCUT2D eigenvalue weighted by atomic mass is 32.2. The fourth-order valence-electron chi connectivity index (χ4n) is 4.09. The van der Waals surface area contributed by atoms with Gasteiger partial charge in [0, 0.05) is 51.1 Å². The summed E-state index contributed by atoms with van der Waals surface area (Å²) in [5, 5.41) is 3.61. The highest BCUT2D eigenvalue weighted by Crippen LogP contribution is 2.27. The minimum Gasteiger partial charge on any atom is -0.497 e. The lowest BCUT2D eigenvalue weighted by Crippen LogP contribution is -2.46. The van der Waals surface area contributed by atoms with E-state index < -0.39 is 0 Å². The second-order valence-electron chi connectivity index (χ2n) is 8.91. The third-order valence-corrected chi connectivity index (χ3v) is 7.09. The minimum absolute atomic E-state index is 0.150. The average molecular weight is 510 g/mol. The number of carbonyl (C=O) groups is 1. The molecule has 1 aliphatic heterocycles. The van der Waals surface area contributed by atoms with Gasteiger partial charge in [-0.1, -0.05) is 11.8 Å². The van der Waals surface area contributed by atoms with Crippen molar-refractivity contribution in [2.75, 3.05) is 50.2 Å². The van der Waals surface area contributed by atoms with Crippen molar-refractivity contribution in [2.45, 2.75) is 36.4 Å². The molecule has 0 spiro atoms. The summed E-state index contributed by atoms with van der Waals surface area (Å²) >= 11 is 1.49. The van der Waals surface area contributed by atoms with Gasteiger partial charge in [-0.2, -0.15) is 0 Å². The molecule has 36 heavy (non-hydrogen) atoms. The Kier molecular flexibility index (Phi) is 7.62. The minimum atomic E-state index is -0.150. The van der Waals surface area contributed by atoms with Gasteiger partial charge in [0.25, 0.3) is 5.91 Å². The SMILES string of the molecule is COCc1cc(N2CCN(c3ccc(OC)cc3)CC2)nc(SCc2ccc(C(=O)NC3CC3)o2)n1. The lowest BCUT2D eigenvalue weighted by molar-refractivity contribution is 0.0922. The van der Waals surface area contributed by atoms with Gasteiger partial charge in [-0.05, 0) is 49.2 Å². The van der Waals surface area contributed by atoms with Crippen LogP contribution in [0.1, 0.15) is 34.9 Å². The normalized spacial score (nSPS) is 15.7. The van der Waals surface area contributed by atoms with E-state index >= 15 is 0 Å². The first-order chi connectivity index (χ1) is 17.6. The van der Waals surface area contributed by atoms with Crippen LogP contribution in [0.15, 0.2) is 52.0 Å². The van der Waals surface area contributed by atoms with Crippen molar-refractivity contribution >= 4 is 29.2 Å². The van der Waals surface area contributed by atoms with Crippen LogP contribution in [0.3, 0.4) is 0 Å². The van der Waals surface area contributed by atoms with Crippen LogP contribution in [0.25, 0.3) is 0 Å². The molecule has 3 aromatic rings. The Morgan fingerprint density at radius 2 is 1.81 bits per heavy atom. The van der Waals surface area contributed by atoms with E-state index in [1.165, 1.54) is 17.4 Å². The number of benzene rings is 1. The third kappa shape index (κ3) is 6.11. The maximum atomic E-state index is 12.2. The molecule has 2 fully saturated rings. The van der Waals surface area contributed by atoms with Gasteiger partial charge in [0.15, 0.2) is 10.9 Å². The third-order valence-electron chi connectivity index (χ3n) is 6.22. The quantitative estimate of drug-likeness (QED) is 0.324. The number of nitrogens with zero attached hydrogens (tertiary/aromatic N) is 4. The van der Waals surface area contributed by atoms with Gasteiger partial charge >= 0.3 is 0 Å². The predicted octanol–water partition coefficient (Wildman–Crippen LogP) is 3.74. The Bertz CT molecular complexity index is 1170. The van der Waals surface area contributed by atoms with Gasteiger partial charge in [-0.3, -0.25) is 4.79 Å². The zero-order chi connectivity index (χ0) is 24.9. The average Bonchev–Trinajstić information content (AvgIpc) is 3.60. The van der Waals surface area contributed by atoms with Crippen molar-refractivity contribution in [1.29, 1.82) is 0 Å². The second kappa shape index (κ2) is 11.2. The van der Waals surface area contributed by atoms with E-state index in [0.717, 1.165) is 62.0 Å². The molecule has 1 amide bonds. The number of aromatic nitrogens is 2. The van der Waals surface area contributed by atoms with Crippen molar-refractivity contribution in [2.24, 2.45) is 0 Å². The van der Waals surface area contributed by atoms with Crippen LogP contribution in [0.5, 0.6) is 5.75 Å². The lowest BCUT2D eigenvalue weighted by atomic mass is 10.2. The molecule has 9 nitrogen and oxygen atoms in total. The molecule has 3 heterocycles. The summed E-state index contributed by atoms with van der Waals surface area (Å²) < 4.78 is 16.4. The molecule has 1 N–H and O–H groups in total. The number of furan rings is 1. The number of piperazine rings is 1. The summed E-state index contributed by atoms with van der Waals surface area (Å²) in [6.07, 6.45) is 2.09. The number of thioether (sulfide) groups is 1. The van der Waals surface area contributed by atoms with Crippen molar-refractivity contribution < 1.29 is 18.7 Å². The van der Waals surface area contributed by atoms with Crippen molar-refractivity contribution in [3.63, 3.8) is 0 Å². The number of anilines is 2. The van der Waals surface area contributed by atoms with E-state index in [-0.39, 0.29) is 5.91 Å². The Hall–Kier alpha value is -3.24. The molecule has 1 aliphatic carbocycles. The number of rotatable bonds is 10. The van der Waals surface area contributed by atoms with Gasteiger partial charge in [-0.25, -0.2) is 9.97 Å². The molecule has 1 saturated heterocycles. The summed E-state index contributed by atoms with van der Waals surface area (Å²) in [4.78, 5) is 26.3. The molecule has 190 valence electrons. The molecule has 10 heteroatoms. The van der Waals surface area contributed by atoms with Crippen LogP contribution in [0, 0.1) is 0 Å². The molecule has 0 atom stereocenters. The van der Waals surface area contributed by atoms with Gasteiger partial charge in [0.1, 0.15) is 17.3 Å². The summed E-state index contributed by atoms with van der Waals surface area (Å²) in [6.45, 7) is 3.93. The Morgan fingerprint density at radius 3 is 2.50 bits per heavy atom. The van der Waals surface area contributed by atoms with Gasteiger partial charge in [0.2, 0.25) is 0 Å². The second-order valence-corrected chi connectivity index (χ2v) is 9.85. The fourth-order valence-corrected chi connectivity index (χ4v) is 4.86. The van der Waals surface area contributed by atoms with Crippen LogP contribution in [0.4, 0.5) is 11.5 Å². The lowest BCUT2D eigenvalue weighted by Gasteiger charge is -2.37. The number of amides is 1. The number of hydrogen-bond donors (Lipinski definition) is 1. The fraction of sp³-hybridized carbons (Fsp3) is 0.423. The highest BCUT2D eigenvalue weighted by molar-refractivity contribution is 7.98. The summed E-state index contributed by atoms with van der Waals surface area (Å²) in [5.74, 6) is 3.22. The first-order valence-corrected chi connectivity index (χ1v) is 13.1. The van der Waals surface area contributed by atoms with Gasteiger partial charge < -0.3 is 29.0 Å². The Balaban J connectivity index is 1.22. The number of carbonyl (C=O) groups excluding carboxylic acids is 1. The van der Waals surface area contributed by atoms with E-state index in [1.54, 1.807) is 20.3 Å². The summed E-state index contributed by atoms with van der Waals surface area (Å²) in [7, 11) is 3.35. The molecule has 2 aromatic heterocycles. The van der Waals surface area contributed by atoms with Crippen LogP contribution >= 0.6 is 11.8 Å². The molecule has 1 aromatic carbocycles. The van der Waals surface area contributed by atoms with E-state index in [0.29, 0.717) is 29.3 Å². The monoisotopic (exact) mass is 509 g/mol. The van der Waals surface area contributed by atoms with E-state index in [4.69, 9.17) is 18.9 Å². The van der Waals surface area contributed by atoms with Crippen molar-refractivity contribution in [3.8, 4) is 5.75 Å². The summed E-state index contributed by atoms with van der Waals surface area (Å²) in [6, 6.07) is 14.1. The molecular weight excluding hydrogens is 478 g/mol. The molecular formula is C26H31N5O4S.